The van der Waals surface area contributed by atoms with Crippen LogP contribution in [0.4, 0.5) is 11.4 Å². The van der Waals surface area contributed by atoms with Crippen LogP contribution in [-0.4, -0.2) is 13.6 Å². The average Bonchev–Trinajstić information content (AvgIpc) is 2.87. The Hall–Kier alpha value is -1.99. The molecule has 1 unspecified atom stereocenters. The lowest BCUT2D eigenvalue weighted by atomic mass is 10.0. The molecular weight excluding hydrogens is 326 g/mol. The van der Waals surface area contributed by atoms with Gasteiger partial charge in [-0.3, -0.25) is 0 Å². The number of nitrogens with one attached hydrogen (secondary N) is 1. The van der Waals surface area contributed by atoms with E-state index in [4.69, 9.17) is 0 Å². The zero-order chi connectivity index (χ0) is 14.8. The molecule has 2 aromatic rings. The summed E-state index contributed by atoms with van der Waals surface area (Å²) in [5.41, 5.74) is 4.57. The maximum Gasteiger partial charge on any atom is 0.140 e. The number of rotatable bonds is 3. The lowest BCUT2D eigenvalue weighted by molar-refractivity contribution is 0.954. The predicted molar refractivity (Wildman–Crippen MR) is 89.5 cm³/mol. The van der Waals surface area contributed by atoms with Gasteiger partial charge >= 0.3 is 0 Å². The summed E-state index contributed by atoms with van der Waals surface area (Å²) >= 11 is 3.42. The van der Waals surface area contributed by atoms with Crippen LogP contribution < -0.4 is 10.2 Å². The van der Waals surface area contributed by atoms with Crippen molar-refractivity contribution in [2.45, 2.75) is 12.5 Å². The molecule has 106 valence electrons. The van der Waals surface area contributed by atoms with E-state index in [1.54, 1.807) is 0 Å². The highest BCUT2D eigenvalue weighted by molar-refractivity contribution is 9.10. The van der Waals surface area contributed by atoms with Gasteiger partial charge in [-0.1, -0.05) is 28.1 Å². The first kappa shape index (κ1) is 14.0. The summed E-state index contributed by atoms with van der Waals surface area (Å²) in [6.07, 6.45) is 1.05. The maximum absolute atomic E-state index is 9.46. The largest absolute Gasteiger partial charge is 0.374 e. The second kappa shape index (κ2) is 5.79. The lowest BCUT2D eigenvalue weighted by Gasteiger charge is -2.16. The van der Waals surface area contributed by atoms with Gasteiger partial charge in [-0.2, -0.15) is 5.26 Å². The molecule has 4 heteroatoms. The van der Waals surface area contributed by atoms with Crippen LogP contribution in [0.25, 0.3) is 0 Å². The van der Waals surface area contributed by atoms with Crippen molar-refractivity contribution in [3.8, 4) is 6.07 Å². The molecule has 3 rings (SSSR count). The standard InChI is InChI=1S/C17H16BrN3/c1-21-9-8-13-10-12(2-7-17(13)21)16(11-19)20-15-5-3-14(18)4-6-15/h2-7,10,16,20H,8-9H2,1H3. The van der Waals surface area contributed by atoms with Crippen molar-refractivity contribution in [2.75, 3.05) is 23.8 Å². The zero-order valence-electron chi connectivity index (χ0n) is 11.8. The van der Waals surface area contributed by atoms with Crippen molar-refractivity contribution < 1.29 is 0 Å². The Kier molecular flexibility index (Phi) is 3.85. The molecule has 0 saturated carbocycles. The topological polar surface area (TPSA) is 39.1 Å². The summed E-state index contributed by atoms with van der Waals surface area (Å²) in [5, 5.41) is 12.7. The quantitative estimate of drug-likeness (QED) is 0.912. The highest BCUT2D eigenvalue weighted by Gasteiger charge is 2.18. The molecule has 0 amide bonds. The molecule has 0 aliphatic carbocycles. The SMILES string of the molecule is CN1CCc2cc(C(C#N)Nc3ccc(Br)cc3)ccc21. The number of benzene rings is 2. The Morgan fingerprint density at radius 1 is 1.24 bits per heavy atom. The summed E-state index contributed by atoms with van der Waals surface area (Å²) in [6.45, 7) is 1.05. The summed E-state index contributed by atoms with van der Waals surface area (Å²) in [4.78, 5) is 2.25. The van der Waals surface area contributed by atoms with E-state index < -0.39 is 0 Å². The zero-order valence-corrected chi connectivity index (χ0v) is 13.4. The number of nitriles is 1. The van der Waals surface area contributed by atoms with Crippen molar-refractivity contribution in [3.05, 3.63) is 58.1 Å². The summed E-state index contributed by atoms with van der Waals surface area (Å²) in [6, 6.07) is 16.2. The molecule has 0 aromatic heterocycles. The van der Waals surface area contributed by atoms with Gasteiger partial charge in [0.1, 0.15) is 6.04 Å². The third-order valence-corrected chi connectivity index (χ3v) is 4.38. The number of hydrogen-bond acceptors (Lipinski definition) is 3. The summed E-state index contributed by atoms with van der Waals surface area (Å²) < 4.78 is 1.03. The van der Waals surface area contributed by atoms with E-state index in [9.17, 15) is 5.26 Å². The molecule has 0 radical (unpaired) electrons. The van der Waals surface area contributed by atoms with Crippen LogP contribution in [0.3, 0.4) is 0 Å². The van der Waals surface area contributed by atoms with Gasteiger partial charge in [-0.05, 0) is 47.9 Å². The lowest BCUT2D eigenvalue weighted by Crippen LogP contribution is -2.12. The first-order valence-electron chi connectivity index (χ1n) is 6.93. The van der Waals surface area contributed by atoms with E-state index in [1.807, 2.05) is 30.3 Å². The Balaban J connectivity index is 1.84. The molecule has 0 bridgehead atoms. The van der Waals surface area contributed by atoms with Crippen molar-refractivity contribution in [2.24, 2.45) is 0 Å². The number of hydrogen-bond donors (Lipinski definition) is 1. The first-order valence-corrected chi connectivity index (χ1v) is 7.72. The fraction of sp³-hybridized carbons (Fsp3) is 0.235. The van der Waals surface area contributed by atoms with Crippen molar-refractivity contribution in [1.29, 1.82) is 5.26 Å². The van der Waals surface area contributed by atoms with Gasteiger partial charge in [0.05, 0.1) is 6.07 Å². The minimum Gasteiger partial charge on any atom is -0.374 e. The molecule has 1 N–H and O–H groups in total. The van der Waals surface area contributed by atoms with Gasteiger partial charge in [0.25, 0.3) is 0 Å². The number of anilines is 2. The Labute approximate surface area is 133 Å². The smallest absolute Gasteiger partial charge is 0.140 e. The number of halogens is 1. The normalized spacial score (nSPS) is 14.4. The number of fused-ring (bicyclic) bond motifs is 1. The molecule has 0 fully saturated rings. The molecule has 1 aliphatic rings. The summed E-state index contributed by atoms with van der Waals surface area (Å²) in [5.74, 6) is 0. The molecule has 1 atom stereocenters. The highest BCUT2D eigenvalue weighted by Crippen LogP contribution is 2.30. The molecule has 0 spiro atoms. The van der Waals surface area contributed by atoms with E-state index in [2.05, 4.69) is 51.4 Å². The molecule has 0 saturated heterocycles. The van der Waals surface area contributed by atoms with Crippen molar-refractivity contribution in [3.63, 3.8) is 0 Å². The Morgan fingerprint density at radius 3 is 2.71 bits per heavy atom. The van der Waals surface area contributed by atoms with Gasteiger partial charge in [-0.25, -0.2) is 0 Å². The third kappa shape index (κ3) is 2.88. The minimum atomic E-state index is -0.331. The molecule has 1 heterocycles. The number of likely N-dealkylation sites (N-methyl/N-ethyl adjacent to an activating group) is 1. The van der Waals surface area contributed by atoms with Gasteiger partial charge in [0, 0.05) is 29.4 Å². The van der Waals surface area contributed by atoms with Crippen molar-refractivity contribution >= 4 is 27.3 Å². The van der Waals surface area contributed by atoms with Crippen LogP contribution in [0.1, 0.15) is 17.2 Å². The van der Waals surface area contributed by atoms with E-state index in [-0.39, 0.29) is 6.04 Å². The van der Waals surface area contributed by atoms with Gasteiger partial charge in [-0.15, -0.1) is 0 Å². The second-order valence-corrected chi connectivity index (χ2v) is 6.19. The van der Waals surface area contributed by atoms with Crippen LogP contribution in [0.15, 0.2) is 46.9 Å². The van der Waals surface area contributed by atoms with E-state index in [0.717, 1.165) is 28.7 Å². The van der Waals surface area contributed by atoms with E-state index >= 15 is 0 Å². The fourth-order valence-corrected chi connectivity index (χ4v) is 2.93. The van der Waals surface area contributed by atoms with Crippen LogP contribution in [0.2, 0.25) is 0 Å². The molecule has 3 nitrogen and oxygen atoms in total. The predicted octanol–water partition coefficient (Wildman–Crippen LogP) is 4.12. The maximum atomic E-state index is 9.46. The van der Waals surface area contributed by atoms with Gasteiger partial charge in [0.2, 0.25) is 0 Å². The van der Waals surface area contributed by atoms with E-state index in [1.165, 1.54) is 11.3 Å². The van der Waals surface area contributed by atoms with Gasteiger partial charge < -0.3 is 10.2 Å². The third-order valence-electron chi connectivity index (χ3n) is 3.85. The Morgan fingerprint density at radius 2 is 2.00 bits per heavy atom. The molecule has 21 heavy (non-hydrogen) atoms. The first-order chi connectivity index (χ1) is 10.2. The summed E-state index contributed by atoms with van der Waals surface area (Å²) in [7, 11) is 2.10. The van der Waals surface area contributed by atoms with Crippen molar-refractivity contribution in [1.82, 2.24) is 0 Å². The fourth-order valence-electron chi connectivity index (χ4n) is 2.67. The Bertz CT molecular complexity index is 688. The van der Waals surface area contributed by atoms with Crippen LogP contribution in [0.5, 0.6) is 0 Å². The van der Waals surface area contributed by atoms with Crippen LogP contribution in [-0.2, 0) is 6.42 Å². The van der Waals surface area contributed by atoms with E-state index in [0.29, 0.717) is 0 Å². The average molecular weight is 342 g/mol. The van der Waals surface area contributed by atoms with Crippen LogP contribution >= 0.6 is 15.9 Å². The monoisotopic (exact) mass is 341 g/mol. The van der Waals surface area contributed by atoms with Gasteiger partial charge in [0.15, 0.2) is 0 Å². The minimum absolute atomic E-state index is 0.331. The molecule has 2 aromatic carbocycles. The second-order valence-electron chi connectivity index (χ2n) is 5.27. The van der Waals surface area contributed by atoms with Crippen LogP contribution in [0, 0.1) is 11.3 Å². The highest BCUT2D eigenvalue weighted by atomic mass is 79.9. The molecular formula is C17H16BrN3. The number of nitrogens with zero attached hydrogens (tertiary/aromatic N) is 2. The molecule has 1 aliphatic heterocycles.